The lowest BCUT2D eigenvalue weighted by atomic mass is 10.1. The van der Waals surface area contributed by atoms with Gasteiger partial charge in [0.25, 0.3) is 0 Å². The summed E-state index contributed by atoms with van der Waals surface area (Å²) >= 11 is 11.9. The third-order valence-electron chi connectivity index (χ3n) is 2.66. The summed E-state index contributed by atoms with van der Waals surface area (Å²) in [6, 6.07) is 9.38. The molecule has 0 amide bonds. The van der Waals surface area contributed by atoms with Crippen LogP contribution in [0.15, 0.2) is 48.9 Å². The Morgan fingerprint density at radius 2 is 1.79 bits per heavy atom. The fraction of sp³-hybridized carbons (Fsp3) is 0. The quantitative estimate of drug-likeness (QED) is 0.724. The Balaban J connectivity index is 2.20. The molecule has 3 aromatic rings. The zero-order chi connectivity index (χ0) is 13.2. The summed E-state index contributed by atoms with van der Waals surface area (Å²) in [5, 5.41) is 8.76. The second-order valence-electron chi connectivity index (χ2n) is 3.88. The van der Waals surface area contributed by atoms with Crippen molar-refractivity contribution in [3.63, 3.8) is 0 Å². The molecular weight excluding hydrogens is 283 g/mol. The average molecular weight is 291 g/mol. The van der Waals surface area contributed by atoms with Crippen LogP contribution in [0.3, 0.4) is 0 Å². The van der Waals surface area contributed by atoms with Crippen molar-refractivity contribution in [2.45, 2.75) is 0 Å². The number of rotatable bonds is 2. The first kappa shape index (κ1) is 12.1. The molecule has 0 unspecified atom stereocenters. The third-order valence-corrected chi connectivity index (χ3v) is 3.07. The number of halogens is 2. The Kier molecular flexibility index (Phi) is 3.19. The normalized spacial score (nSPS) is 10.6. The maximum atomic E-state index is 6.07. The molecule has 0 aliphatic rings. The molecule has 0 saturated carbocycles. The SMILES string of the molecule is Clc1ccc(-n2cc(Cl)nn2)c(-c2ccncc2)c1. The number of benzene rings is 1. The van der Waals surface area contributed by atoms with Crippen LogP contribution < -0.4 is 0 Å². The first-order valence-electron chi connectivity index (χ1n) is 5.52. The molecule has 6 heteroatoms. The van der Waals surface area contributed by atoms with E-state index in [4.69, 9.17) is 23.2 Å². The van der Waals surface area contributed by atoms with Crippen molar-refractivity contribution in [2.75, 3.05) is 0 Å². The van der Waals surface area contributed by atoms with Gasteiger partial charge in [-0.3, -0.25) is 4.98 Å². The van der Waals surface area contributed by atoms with E-state index in [-0.39, 0.29) is 0 Å². The Hall–Kier alpha value is -1.91. The molecule has 0 radical (unpaired) electrons. The van der Waals surface area contributed by atoms with Gasteiger partial charge in [0.15, 0.2) is 5.15 Å². The van der Waals surface area contributed by atoms with E-state index in [2.05, 4.69) is 15.3 Å². The van der Waals surface area contributed by atoms with Gasteiger partial charge in [-0.25, -0.2) is 4.68 Å². The van der Waals surface area contributed by atoms with Crippen molar-refractivity contribution in [3.8, 4) is 16.8 Å². The van der Waals surface area contributed by atoms with E-state index in [0.717, 1.165) is 16.8 Å². The van der Waals surface area contributed by atoms with Gasteiger partial charge >= 0.3 is 0 Å². The van der Waals surface area contributed by atoms with E-state index in [1.165, 1.54) is 0 Å². The molecule has 0 fully saturated rings. The zero-order valence-electron chi connectivity index (χ0n) is 9.66. The summed E-state index contributed by atoms with van der Waals surface area (Å²) in [5.74, 6) is 0. The van der Waals surface area contributed by atoms with E-state index in [1.807, 2.05) is 24.3 Å². The first-order valence-corrected chi connectivity index (χ1v) is 6.28. The minimum absolute atomic E-state index is 0.343. The molecule has 0 atom stereocenters. The van der Waals surface area contributed by atoms with Crippen LogP contribution in [0, 0.1) is 0 Å². The van der Waals surface area contributed by atoms with Crippen molar-refractivity contribution in [3.05, 3.63) is 59.1 Å². The van der Waals surface area contributed by atoms with Gasteiger partial charge in [0.1, 0.15) is 0 Å². The van der Waals surface area contributed by atoms with E-state index < -0.39 is 0 Å². The van der Waals surface area contributed by atoms with Crippen molar-refractivity contribution in [1.29, 1.82) is 0 Å². The van der Waals surface area contributed by atoms with Gasteiger partial charge in [0.05, 0.1) is 11.9 Å². The van der Waals surface area contributed by atoms with Crippen LogP contribution in [-0.4, -0.2) is 20.0 Å². The van der Waals surface area contributed by atoms with Crippen molar-refractivity contribution >= 4 is 23.2 Å². The van der Waals surface area contributed by atoms with Gasteiger partial charge in [0, 0.05) is 23.0 Å². The van der Waals surface area contributed by atoms with Crippen LogP contribution in [0.4, 0.5) is 0 Å². The molecule has 19 heavy (non-hydrogen) atoms. The Labute approximate surface area is 119 Å². The van der Waals surface area contributed by atoms with E-state index >= 15 is 0 Å². The highest BCUT2D eigenvalue weighted by Crippen LogP contribution is 2.29. The van der Waals surface area contributed by atoms with Crippen LogP contribution in [0.2, 0.25) is 10.2 Å². The van der Waals surface area contributed by atoms with Crippen LogP contribution >= 0.6 is 23.2 Å². The molecule has 1 aromatic carbocycles. The van der Waals surface area contributed by atoms with Crippen molar-refractivity contribution in [2.24, 2.45) is 0 Å². The molecule has 0 bridgehead atoms. The van der Waals surface area contributed by atoms with Gasteiger partial charge in [-0.15, -0.1) is 5.10 Å². The van der Waals surface area contributed by atoms with Crippen LogP contribution in [0.1, 0.15) is 0 Å². The van der Waals surface area contributed by atoms with Crippen LogP contribution in [0.5, 0.6) is 0 Å². The first-order chi connectivity index (χ1) is 9.24. The number of nitrogens with zero attached hydrogens (tertiary/aromatic N) is 4. The monoisotopic (exact) mass is 290 g/mol. The topological polar surface area (TPSA) is 43.6 Å². The summed E-state index contributed by atoms with van der Waals surface area (Å²) in [7, 11) is 0. The highest BCUT2D eigenvalue weighted by molar-refractivity contribution is 6.31. The maximum Gasteiger partial charge on any atom is 0.171 e. The molecule has 0 spiro atoms. The minimum atomic E-state index is 0.343. The number of aromatic nitrogens is 4. The lowest BCUT2D eigenvalue weighted by Gasteiger charge is -2.09. The fourth-order valence-corrected chi connectivity index (χ4v) is 2.13. The number of hydrogen-bond donors (Lipinski definition) is 0. The zero-order valence-corrected chi connectivity index (χ0v) is 11.2. The van der Waals surface area contributed by atoms with Gasteiger partial charge in [-0.1, -0.05) is 28.4 Å². The van der Waals surface area contributed by atoms with Gasteiger partial charge in [-0.2, -0.15) is 0 Å². The second-order valence-corrected chi connectivity index (χ2v) is 4.71. The molecule has 0 N–H and O–H groups in total. The molecule has 0 aliphatic carbocycles. The van der Waals surface area contributed by atoms with E-state index in [9.17, 15) is 0 Å². The van der Waals surface area contributed by atoms with Gasteiger partial charge in [0.2, 0.25) is 0 Å². The molecule has 0 saturated heterocycles. The Morgan fingerprint density at radius 1 is 1.00 bits per heavy atom. The smallest absolute Gasteiger partial charge is 0.171 e. The summed E-state index contributed by atoms with van der Waals surface area (Å²) in [4.78, 5) is 4.01. The number of pyridine rings is 1. The molecule has 0 aliphatic heterocycles. The molecule has 2 heterocycles. The molecular formula is C13H8Cl2N4. The average Bonchev–Trinajstić information content (AvgIpc) is 2.86. The summed E-state index contributed by atoms with van der Waals surface area (Å²) < 4.78 is 1.62. The Bertz CT molecular complexity index is 710. The summed E-state index contributed by atoms with van der Waals surface area (Å²) in [5.41, 5.74) is 2.80. The largest absolute Gasteiger partial charge is 0.265 e. The summed E-state index contributed by atoms with van der Waals surface area (Å²) in [6.45, 7) is 0. The van der Waals surface area contributed by atoms with E-state index in [0.29, 0.717) is 10.2 Å². The van der Waals surface area contributed by atoms with Gasteiger partial charge in [-0.05, 0) is 35.9 Å². The lowest BCUT2D eigenvalue weighted by Crippen LogP contribution is -1.98. The molecule has 4 nitrogen and oxygen atoms in total. The molecule has 2 aromatic heterocycles. The Morgan fingerprint density at radius 3 is 2.47 bits per heavy atom. The maximum absolute atomic E-state index is 6.07. The standard InChI is InChI=1S/C13H8Cl2N4/c14-10-1-2-12(19-8-13(15)17-18-19)11(7-10)9-3-5-16-6-4-9/h1-8H. The second kappa shape index (κ2) is 4.99. The molecule has 94 valence electrons. The highest BCUT2D eigenvalue weighted by atomic mass is 35.5. The van der Waals surface area contributed by atoms with Crippen LogP contribution in [0.25, 0.3) is 16.8 Å². The van der Waals surface area contributed by atoms with Crippen molar-refractivity contribution < 1.29 is 0 Å². The number of hydrogen-bond acceptors (Lipinski definition) is 3. The van der Waals surface area contributed by atoms with Crippen LogP contribution in [-0.2, 0) is 0 Å². The predicted molar refractivity (Wildman–Crippen MR) is 74.6 cm³/mol. The van der Waals surface area contributed by atoms with E-state index in [1.54, 1.807) is 29.3 Å². The highest BCUT2D eigenvalue weighted by Gasteiger charge is 2.09. The predicted octanol–water partition coefficient (Wildman–Crippen LogP) is 3.64. The van der Waals surface area contributed by atoms with Crippen molar-refractivity contribution in [1.82, 2.24) is 20.0 Å². The minimum Gasteiger partial charge on any atom is -0.265 e. The fourth-order valence-electron chi connectivity index (χ4n) is 1.83. The van der Waals surface area contributed by atoms with Gasteiger partial charge < -0.3 is 0 Å². The molecule has 3 rings (SSSR count). The lowest BCUT2D eigenvalue weighted by molar-refractivity contribution is 0.804. The summed E-state index contributed by atoms with van der Waals surface area (Å²) in [6.07, 6.45) is 5.11. The third kappa shape index (κ3) is 2.45.